The van der Waals surface area contributed by atoms with Crippen LogP contribution in [0, 0.1) is 6.92 Å². The number of carbonyl (C=O) groups is 1. The van der Waals surface area contributed by atoms with E-state index < -0.39 is 0 Å². The van der Waals surface area contributed by atoms with E-state index in [0.717, 1.165) is 41.0 Å². The van der Waals surface area contributed by atoms with Crippen molar-refractivity contribution in [2.75, 3.05) is 19.4 Å². The van der Waals surface area contributed by atoms with E-state index >= 15 is 0 Å². The second-order valence-electron chi connectivity index (χ2n) is 8.42. The lowest BCUT2D eigenvalue weighted by atomic mass is 9.97. The fourth-order valence-electron chi connectivity index (χ4n) is 4.30. The van der Waals surface area contributed by atoms with Crippen LogP contribution in [-0.2, 0) is 11.2 Å². The van der Waals surface area contributed by atoms with Crippen molar-refractivity contribution in [3.8, 4) is 11.4 Å². The second-order valence-corrected chi connectivity index (χ2v) is 10.4. The van der Waals surface area contributed by atoms with Crippen LogP contribution in [0.2, 0.25) is 0 Å². The molecule has 0 spiro atoms. The average molecular weight is 498 g/mol. The Morgan fingerprint density at radius 2 is 2.18 bits per heavy atom. The number of hydrogen-bond acceptors (Lipinski definition) is 6. The SMILES string of the molecule is CCc1sc2nc(SCC(=O)NCCC3=CCCCC3)n(-c3cccc(OC)c3)c(=O)c2c1C. The molecule has 1 aliphatic rings. The number of aromatic nitrogens is 2. The van der Waals surface area contributed by atoms with E-state index in [9.17, 15) is 9.59 Å². The second kappa shape index (κ2) is 11.2. The van der Waals surface area contributed by atoms with Gasteiger partial charge in [0.2, 0.25) is 5.91 Å². The minimum atomic E-state index is -0.112. The summed E-state index contributed by atoms with van der Waals surface area (Å²) in [7, 11) is 1.60. The van der Waals surface area contributed by atoms with Crippen LogP contribution < -0.4 is 15.6 Å². The van der Waals surface area contributed by atoms with Crippen molar-refractivity contribution < 1.29 is 9.53 Å². The molecule has 1 N–H and O–H groups in total. The van der Waals surface area contributed by atoms with Gasteiger partial charge in [-0.2, -0.15) is 0 Å². The lowest BCUT2D eigenvalue weighted by molar-refractivity contribution is -0.118. The number of methoxy groups -OCH3 is 1. The molecule has 8 heteroatoms. The summed E-state index contributed by atoms with van der Waals surface area (Å²) in [5.41, 5.74) is 2.99. The third-order valence-electron chi connectivity index (χ3n) is 6.15. The minimum Gasteiger partial charge on any atom is -0.497 e. The third kappa shape index (κ3) is 5.39. The van der Waals surface area contributed by atoms with Crippen LogP contribution in [0.25, 0.3) is 15.9 Å². The summed E-state index contributed by atoms with van der Waals surface area (Å²) in [4.78, 5) is 33.0. The number of benzene rings is 1. The van der Waals surface area contributed by atoms with Gasteiger partial charge in [-0.15, -0.1) is 11.3 Å². The first-order chi connectivity index (χ1) is 16.5. The quantitative estimate of drug-likeness (QED) is 0.243. The number of amides is 1. The van der Waals surface area contributed by atoms with Gasteiger partial charge in [-0.25, -0.2) is 4.98 Å². The van der Waals surface area contributed by atoms with Crippen LogP contribution >= 0.6 is 23.1 Å². The highest BCUT2D eigenvalue weighted by Gasteiger charge is 2.20. The highest BCUT2D eigenvalue weighted by atomic mass is 32.2. The van der Waals surface area contributed by atoms with Crippen LogP contribution in [-0.4, -0.2) is 34.9 Å². The van der Waals surface area contributed by atoms with Crippen molar-refractivity contribution in [1.29, 1.82) is 0 Å². The van der Waals surface area contributed by atoms with Crippen molar-refractivity contribution in [2.24, 2.45) is 0 Å². The molecule has 1 aliphatic carbocycles. The lowest BCUT2D eigenvalue weighted by Crippen LogP contribution is -2.27. The summed E-state index contributed by atoms with van der Waals surface area (Å²) in [5.74, 6) is 0.808. The number of nitrogens with one attached hydrogen (secondary N) is 1. The summed E-state index contributed by atoms with van der Waals surface area (Å²) in [6.45, 7) is 4.71. The van der Waals surface area contributed by atoms with Crippen molar-refractivity contribution >= 4 is 39.2 Å². The summed E-state index contributed by atoms with van der Waals surface area (Å²) < 4.78 is 6.98. The fraction of sp³-hybridized carbons (Fsp3) is 0.423. The molecule has 0 saturated heterocycles. The zero-order valence-corrected chi connectivity index (χ0v) is 21.6. The average Bonchev–Trinajstić information content (AvgIpc) is 3.19. The summed E-state index contributed by atoms with van der Waals surface area (Å²) in [6.07, 6.45) is 8.87. The van der Waals surface area contributed by atoms with E-state index in [1.807, 2.05) is 31.2 Å². The minimum absolute atomic E-state index is 0.0513. The molecule has 0 atom stereocenters. The molecule has 0 aliphatic heterocycles. The summed E-state index contributed by atoms with van der Waals surface area (Å²) >= 11 is 2.85. The van der Waals surface area contributed by atoms with Gasteiger partial charge in [-0.1, -0.05) is 36.4 Å². The van der Waals surface area contributed by atoms with Gasteiger partial charge >= 0.3 is 0 Å². The highest BCUT2D eigenvalue weighted by molar-refractivity contribution is 7.99. The Bertz CT molecular complexity index is 1280. The normalized spacial score (nSPS) is 13.7. The van der Waals surface area contributed by atoms with Gasteiger partial charge in [0.05, 0.1) is 23.9 Å². The van der Waals surface area contributed by atoms with E-state index in [0.29, 0.717) is 28.5 Å². The Labute approximate surface area is 208 Å². The molecule has 3 aromatic rings. The van der Waals surface area contributed by atoms with Gasteiger partial charge < -0.3 is 10.1 Å². The van der Waals surface area contributed by atoms with E-state index in [-0.39, 0.29) is 17.2 Å². The number of thiophene rings is 1. The zero-order valence-electron chi connectivity index (χ0n) is 20.0. The number of ether oxygens (including phenoxy) is 1. The smallest absolute Gasteiger partial charge is 0.267 e. The summed E-state index contributed by atoms with van der Waals surface area (Å²) in [6, 6.07) is 7.37. The van der Waals surface area contributed by atoms with E-state index in [4.69, 9.17) is 9.72 Å². The maximum Gasteiger partial charge on any atom is 0.267 e. The topological polar surface area (TPSA) is 73.2 Å². The molecule has 1 aromatic carbocycles. The van der Waals surface area contributed by atoms with Crippen molar-refractivity contribution in [3.05, 3.63) is 56.7 Å². The third-order valence-corrected chi connectivity index (χ3v) is 8.42. The van der Waals surface area contributed by atoms with Crippen LogP contribution in [0.3, 0.4) is 0 Å². The maximum atomic E-state index is 13.7. The van der Waals surface area contributed by atoms with Crippen molar-refractivity contribution in [1.82, 2.24) is 14.9 Å². The molecule has 1 amide bonds. The number of aryl methyl sites for hydroxylation is 2. The Morgan fingerprint density at radius 3 is 2.91 bits per heavy atom. The van der Waals surface area contributed by atoms with Gasteiger partial charge in [0.25, 0.3) is 5.56 Å². The van der Waals surface area contributed by atoms with Crippen LogP contribution in [0.4, 0.5) is 0 Å². The Kier molecular flexibility index (Phi) is 8.11. The molecular formula is C26H31N3O3S2. The molecule has 2 heterocycles. The standard InChI is InChI=1S/C26H31N3O3S2/c1-4-21-17(2)23-24(34-21)28-26(29(25(23)31)19-11-8-12-20(15-19)32-3)33-16-22(30)27-14-13-18-9-6-5-7-10-18/h8-9,11-12,15H,4-7,10,13-14,16H2,1-3H3,(H,27,30). The Hall–Kier alpha value is -2.58. The zero-order chi connectivity index (χ0) is 24.1. The molecule has 0 radical (unpaired) electrons. The number of allylic oxidation sites excluding steroid dienone is 1. The molecule has 2 aromatic heterocycles. The number of thioether (sulfide) groups is 1. The Balaban J connectivity index is 1.59. The van der Waals surface area contributed by atoms with Crippen LogP contribution in [0.15, 0.2) is 45.9 Å². The first-order valence-electron chi connectivity index (χ1n) is 11.8. The van der Waals surface area contributed by atoms with Crippen LogP contribution in [0.1, 0.15) is 49.5 Å². The van der Waals surface area contributed by atoms with E-state index in [1.54, 1.807) is 23.0 Å². The van der Waals surface area contributed by atoms with Crippen molar-refractivity contribution in [3.63, 3.8) is 0 Å². The van der Waals surface area contributed by atoms with Gasteiger partial charge in [-0.05, 0) is 63.1 Å². The lowest BCUT2D eigenvalue weighted by Gasteiger charge is -2.14. The number of nitrogens with zero attached hydrogens (tertiary/aromatic N) is 2. The molecule has 0 saturated carbocycles. The van der Waals surface area contributed by atoms with Crippen LogP contribution in [0.5, 0.6) is 5.75 Å². The molecule has 6 nitrogen and oxygen atoms in total. The molecular weight excluding hydrogens is 466 g/mol. The molecule has 0 bridgehead atoms. The van der Waals surface area contributed by atoms with Crippen molar-refractivity contribution in [2.45, 2.75) is 57.5 Å². The first-order valence-corrected chi connectivity index (χ1v) is 13.6. The van der Waals surface area contributed by atoms with Gasteiger partial charge in [0.1, 0.15) is 10.6 Å². The summed E-state index contributed by atoms with van der Waals surface area (Å²) in [5, 5.41) is 4.18. The van der Waals surface area contributed by atoms with Gasteiger partial charge in [0, 0.05) is 17.5 Å². The number of carbonyl (C=O) groups excluding carboxylic acids is 1. The maximum absolute atomic E-state index is 13.7. The monoisotopic (exact) mass is 497 g/mol. The molecule has 0 fully saturated rings. The largest absolute Gasteiger partial charge is 0.497 e. The van der Waals surface area contributed by atoms with Gasteiger partial charge in [0.15, 0.2) is 5.16 Å². The number of rotatable bonds is 9. The van der Waals surface area contributed by atoms with E-state index in [2.05, 4.69) is 18.3 Å². The predicted octanol–water partition coefficient (Wildman–Crippen LogP) is 5.43. The fourth-order valence-corrected chi connectivity index (χ4v) is 6.30. The molecule has 180 valence electrons. The molecule has 34 heavy (non-hydrogen) atoms. The molecule has 4 rings (SSSR count). The first kappa shape index (κ1) is 24.5. The number of hydrogen-bond donors (Lipinski definition) is 1. The van der Waals surface area contributed by atoms with Gasteiger partial charge in [-0.3, -0.25) is 14.2 Å². The predicted molar refractivity (Wildman–Crippen MR) is 141 cm³/mol. The molecule has 0 unspecified atom stereocenters. The number of fused-ring (bicyclic) bond motifs is 1. The Morgan fingerprint density at radius 1 is 1.32 bits per heavy atom. The highest BCUT2D eigenvalue weighted by Crippen LogP contribution is 2.31. The van der Waals surface area contributed by atoms with E-state index in [1.165, 1.54) is 30.2 Å².